The van der Waals surface area contributed by atoms with Crippen LogP contribution >= 0.6 is 0 Å². The summed E-state index contributed by atoms with van der Waals surface area (Å²) in [6.45, 7) is 8.79. The number of nitrogens with zero attached hydrogens (tertiary/aromatic N) is 1. The van der Waals surface area contributed by atoms with Crippen molar-refractivity contribution in [2.24, 2.45) is 5.73 Å². The second kappa shape index (κ2) is 6.72. The zero-order valence-corrected chi connectivity index (χ0v) is 12.0. The number of rotatable bonds is 8. The zero-order chi connectivity index (χ0) is 12.9. The average molecular weight is 242 g/mol. The van der Waals surface area contributed by atoms with Crippen LogP contribution in [-0.2, 0) is 4.74 Å². The Morgan fingerprint density at radius 2 is 2.06 bits per heavy atom. The molecule has 0 aliphatic heterocycles. The van der Waals surface area contributed by atoms with Crippen LogP contribution in [0.25, 0.3) is 0 Å². The molecule has 17 heavy (non-hydrogen) atoms. The van der Waals surface area contributed by atoms with Crippen LogP contribution in [0.2, 0.25) is 0 Å². The van der Waals surface area contributed by atoms with Crippen LogP contribution < -0.4 is 5.73 Å². The van der Waals surface area contributed by atoms with E-state index in [-0.39, 0.29) is 5.54 Å². The fourth-order valence-electron chi connectivity index (χ4n) is 2.95. The van der Waals surface area contributed by atoms with E-state index in [1.54, 1.807) is 0 Å². The Hall–Kier alpha value is -0.120. The van der Waals surface area contributed by atoms with Gasteiger partial charge in [0.2, 0.25) is 0 Å². The molecule has 1 unspecified atom stereocenters. The van der Waals surface area contributed by atoms with E-state index in [2.05, 4.69) is 25.7 Å². The number of methoxy groups -OCH3 is 1. The van der Waals surface area contributed by atoms with Gasteiger partial charge in [0, 0.05) is 25.2 Å². The van der Waals surface area contributed by atoms with E-state index in [4.69, 9.17) is 10.5 Å². The first-order chi connectivity index (χ1) is 8.13. The quantitative estimate of drug-likeness (QED) is 0.710. The van der Waals surface area contributed by atoms with Gasteiger partial charge in [-0.3, -0.25) is 4.90 Å². The first kappa shape index (κ1) is 14.9. The van der Waals surface area contributed by atoms with Gasteiger partial charge in [0.25, 0.3) is 0 Å². The monoisotopic (exact) mass is 242 g/mol. The van der Waals surface area contributed by atoms with E-state index in [9.17, 15) is 0 Å². The van der Waals surface area contributed by atoms with Crippen LogP contribution in [0.15, 0.2) is 0 Å². The molecule has 1 aliphatic rings. The van der Waals surface area contributed by atoms with Gasteiger partial charge in [-0.2, -0.15) is 0 Å². The van der Waals surface area contributed by atoms with E-state index in [0.29, 0.717) is 12.1 Å². The van der Waals surface area contributed by atoms with Gasteiger partial charge in [-0.1, -0.05) is 20.3 Å². The molecule has 0 aromatic heterocycles. The summed E-state index contributed by atoms with van der Waals surface area (Å²) in [6.07, 6.45) is 6.35. The van der Waals surface area contributed by atoms with Gasteiger partial charge in [-0.15, -0.1) is 0 Å². The number of nitrogens with two attached hydrogens (primary N) is 1. The van der Waals surface area contributed by atoms with Crippen LogP contribution in [0, 0.1) is 0 Å². The molecule has 1 rings (SSSR count). The highest BCUT2D eigenvalue weighted by Crippen LogP contribution is 2.40. The molecule has 3 heteroatoms. The molecule has 0 saturated heterocycles. The third-order valence-corrected chi connectivity index (χ3v) is 4.41. The van der Waals surface area contributed by atoms with Crippen molar-refractivity contribution in [3.63, 3.8) is 0 Å². The van der Waals surface area contributed by atoms with Crippen molar-refractivity contribution in [1.29, 1.82) is 0 Å². The highest BCUT2D eigenvalue weighted by atomic mass is 16.5. The molecule has 0 aromatic carbocycles. The lowest BCUT2D eigenvalue weighted by molar-refractivity contribution is -0.101. The summed E-state index contributed by atoms with van der Waals surface area (Å²) in [6, 6.07) is 0.628. The number of hydrogen-bond donors (Lipinski definition) is 1. The van der Waals surface area contributed by atoms with Gasteiger partial charge < -0.3 is 10.5 Å². The Morgan fingerprint density at radius 1 is 1.41 bits per heavy atom. The van der Waals surface area contributed by atoms with E-state index in [1.807, 2.05) is 7.11 Å². The van der Waals surface area contributed by atoms with Crippen molar-refractivity contribution >= 4 is 0 Å². The van der Waals surface area contributed by atoms with Crippen molar-refractivity contribution in [3.05, 3.63) is 0 Å². The summed E-state index contributed by atoms with van der Waals surface area (Å²) < 4.78 is 5.43. The third-order valence-electron chi connectivity index (χ3n) is 4.41. The van der Waals surface area contributed by atoms with E-state index in [0.717, 1.165) is 19.4 Å². The van der Waals surface area contributed by atoms with Gasteiger partial charge in [-0.25, -0.2) is 0 Å². The highest BCUT2D eigenvalue weighted by molar-refractivity contribution is 5.05. The zero-order valence-electron chi connectivity index (χ0n) is 12.0. The smallest absolute Gasteiger partial charge is 0.0607 e. The maximum absolute atomic E-state index is 6.05. The summed E-state index contributed by atoms with van der Waals surface area (Å²) in [7, 11) is 1.81. The molecule has 1 fully saturated rings. The second-order valence-electron chi connectivity index (χ2n) is 5.50. The standard InChI is InChI=1S/C14H30N2O/c1-5-7-8-16(12(3)6-2)14(11-15)9-13(10-14)17-4/h12-13H,5-11,15H2,1-4H3. The van der Waals surface area contributed by atoms with Gasteiger partial charge in [0.05, 0.1) is 6.10 Å². The molecule has 2 N–H and O–H groups in total. The van der Waals surface area contributed by atoms with Crippen molar-refractivity contribution in [3.8, 4) is 0 Å². The molecule has 1 saturated carbocycles. The Morgan fingerprint density at radius 3 is 2.47 bits per heavy atom. The molecule has 0 bridgehead atoms. The van der Waals surface area contributed by atoms with Crippen molar-refractivity contribution in [2.45, 2.75) is 70.6 Å². The Labute approximate surface area is 107 Å². The maximum atomic E-state index is 6.05. The number of hydrogen-bond acceptors (Lipinski definition) is 3. The SMILES string of the molecule is CCCCN(C(C)CC)C1(CN)CC(OC)C1. The fraction of sp³-hybridized carbons (Fsp3) is 1.00. The van der Waals surface area contributed by atoms with E-state index < -0.39 is 0 Å². The minimum atomic E-state index is 0.214. The Bertz CT molecular complexity index is 214. The summed E-state index contributed by atoms with van der Waals surface area (Å²) in [5.41, 5.74) is 6.27. The first-order valence-corrected chi connectivity index (χ1v) is 7.13. The molecule has 102 valence electrons. The lowest BCUT2D eigenvalue weighted by Gasteiger charge is -2.55. The molecular weight excluding hydrogens is 212 g/mol. The largest absolute Gasteiger partial charge is 0.381 e. The maximum Gasteiger partial charge on any atom is 0.0607 e. The van der Waals surface area contributed by atoms with Gasteiger partial charge >= 0.3 is 0 Å². The average Bonchev–Trinajstić information content (AvgIpc) is 2.31. The number of unbranched alkanes of at least 4 members (excludes halogenated alkanes) is 1. The second-order valence-corrected chi connectivity index (χ2v) is 5.50. The van der Waals surface area contributed by atoms with E-state index >= 15 is 0 Å². The first-order valence-electron chi connectivity index (χ1n) is 7.13. The molecule has 1 aliphatic carbocycles. The summed E-state index contributed by atoms with van der Waals surface area (Å²) >= 11 is 0. The third kappa shape index (κ3) is 3.21. The lowest BCUT2D eigenvalue weighted by Crippen LogP contribution is -2.66. The minimum Gasteiger partial charge on any atom is -0.381 e. The topological polar surface area (TPSA) is 38.5 Å². The van der Waals surface area contributed by atoms with Gasteiger partial charge in [-0.05, 0) is 39.2 Å². The predicted molar refractivity (Wildman–Crippen MR) is 73.2 cm³/mol. The van der Waals surface area contributed by atoms with Crippen LogP contribution in [0.5, 0.6) is 0 Å². The van der Waals surface area contributed by atoms with Gasteiger partial charge in [0.1, 0.15) is 0 Å². The van der Waals surface area contributed by atoms with Crippen molar-refractivity contribution < 1.29 is 4.74 Å². The normalized spacial score (nSPS) is 30.4. The van der Waals surface area contributed by atoms with Crippen LogP contribution in [0.1, 0.15) is 52.9 Å². The fourth-order valence-corrected chi connectivity index (χ4v) is 2.95. The minimum absolute atomic E-state index is 0.214. The van der Waals surface area contributed by atoms with Crippen molar-refractivity contribution in [1.82, 2.24) is 4.90 Å². The summed E-state index contributed by atoms with van der Waals surface area (Å²) in [5, 5.41) is 0. The molecule has 0 radical (unpaired) electrons. The summed E-state index contributed by atoms with van der Waals surface area (Å²) in [4.78, 5) is 2.64. The molecule has 0 amide bonds. The Kier molecular flexibility index (Phi) is 5.90. The molecule has 0 aromatic rings. The highest BCUT2D eigenvalue weighted by Gasteiger charge is 2.48. The van der Waals surface area contributed by atoms with Crippen LogP contribution in [-0.4, -0.2) is 42.8 Å². The molecule has 0 spiro atoms. The number of ether oxygens (including phenoxy) is 1. The Balaban J connectivity index is 2.66. The molecule has 3 nitrogen and oxygen atoms in total. The van der Waals surface area contributed by atoms with Gasteiger partial charge in [0.15, 0.2) is 0 Å². The predicted octanol–water partition coefficient (Wildman–Crippen LogP) is 2.39. The summed E-state index contributed by atoms with van der Waals surface area (Å²) in [5.74, 6) is 0. The van der Waals surface area contributed by atoms with Crippen molar-refractivity contribution in [2.75, 3.05) is 20.2 Å². The molecule has 0 heterocycles. The molecule has 1 atom stereocenters. The lowest BCUT2D eigenvalue weighted by atomic mass is 9.72. The van der Waals surface area contributed by atoms with Crippen LogP contribution in [0.3, 0.4) is 0 Å². The molecular formula is C14H30N2O. The van der Waals surface area contributed by atoms with E-state index in [1.165, 1.54) is 25.8 Å². The van der Waals surface area contributed by atoms with Crippen LogP contribution in [0.4, 0.5) is 0 Å².